The molecule has 4 heteroatoms. The van der Waals surface area contributed by atoms with Gasteiger partial charge in [0.05, 0.1) is 0 Å². The van der Waals surface area contributed by atoms with Gasteiger partial charge in [0.2, 0.25) is 0 Å². The molecule has 0 fully saturated rings. The normalized spacial score (nSPS) is 10.9. The van der Waals surface area contributed by atoms with Gasteiger partial charge in [-0.15, -0.1) is 6.42 Å². The van der Waals surface area contributed by atoms with Gasteiger partial charge in [-0.05, 0) is 5.92 Å². The number of nitrogens with zero attached hydrogens (tertiary/aromatic N) is 3. The summed E-state index contributed by atoms with van der Waals surface area (Å²) in [6, 6.07) is 0. The van der Waals surface area contributed by atoms with E-state index in [4.69, 9.17) is 0 Å². The molecule has 0 heterocycles. The van der Waals surface area contributed by atoms with Gasteiger partial charge >= 0.3 is 26.2 Å². The van der Waals surface area contributed by atoms with Crippen LogP contribution in [0, 0.1) is 12.0 Å². The van der Waals surface area contributed by atoms with E-state index in [0.717, 1.165) is 12.3 Å². The van der Waals surface area contributed by atoms with Gasteiger partial charge in [-0.1, -0.05) is 20.3 Å². The van der Waals surface area contributed by atoms with Crippen LogP contribution < -0.4 is 0 Å². The van der Waals surface area contributed by atoms with Gasteiger partial charge < -0.3 is 16.0 Å². The molecule has 0 radical (unpaired) electrons. The van der Waals surface area contributed by atoms with E-state index in [1.165, 1.54) is 12.0 Å². The molecule has 0 unspecified atom stereocenters. The topological polar surface area (TPSA) is 42.3 Å². The van der Waals surface area contributed by atoms with Crippen LogP contribution >= 0.6 is 0 Å². The van der Waals surface area contributed by atoms with Gasteiger partial charge in [-0.3, -0.25) is 6.08 Å². The Bertz CT molecular complexity index is 185. The monoisotopic (exact) mass is 343 g/mol. The van der Waals surface area contributed by atoms with E-state index in [2.05, 4.69) is 48.0 Å². The quantitative estimate of drug-likeness (QED) is 0.658. The summed E-state index contributed by atoms with van der Waals surface area (Å²) >= 11 is 0. The molecule has 0 atom stereocenters. The maximum atomic E-state index is 3.50. The molecular formula is C15H31N3Zr. The average molecular weight is 345 g/mol. The SMILES string of the molecule is CC(C)CC1=[C-]CC=C1.C[N-]C.C[N-]C.C[N-]C.[Zr+4]. The molecule has 1 aliphatic carbocycles. The summed E-state index contributed by atoms with van der Waals surface area (Å²) in [4.78, 5) is 0. The van der Waals surface area contributed by atoms with Crippen LogP contribution in [0.1, 0.15) is 26.7 Å². The van der Waals surface area contributed by atoms with Crippen molar-refractivity contribution in [1.29, 1.82) is 0 Å². The third kappa shape index (κ3) is 38.1. The molecule has 0 aromatic rings. The third-order valence-corrected chi connectivity index (χ3v) is 1.39. The van der Waals surface area contributed by atoms with E-state index in [-0.39, 0.29) is 26.2 Å². The van der Waals surface area contributed by atoms with Gasteiger partial charge in [0.15, 0.2) is 0 Å². The van der Waals surface area contributed by atoms with Crippen molar-refractivity contribution in [2.75, 3.05) is 42.3 Å². The summed E-state index contributed by atoms with van der Waals surface area (Å²) in [5, 5.41) is 10.5. The molecule has 1 aliphatic rings. The minimum atomic E-state index is 0. The predicted octanol–water partition coefficient (Wildman–Crippen LogP) is 4.58. The summed E-state index contributed by atoms with van der Waals surface area (Å²) in [5.41, 5.74) is 1.39. The Morgan fingerprint density at radius 3 is 1.58 bits per heavy atom. The third-order valence-electron chi connectivity index (χ3n) is 1.39. The van der Waals surface area contributed by atoms with E-state index >= 15 is 0 Å². The Kier molecular flexibility index (Phi) is 38.8. The van der Waals surface area contributed by atoms with Crippen molar-refractivity contribution < 1.29 is 26.2 Å². The molecule has 0 amide bonds. The smallest absolute Gasteiger partial charge is 0.668 e. The van der Waals surface area contributed by atoms with E-state index in [1.807, 2.05) is 0 Å². The van der Waals surface area contributed by atoms with Crippen LogP contribution in [0.15, 0.2) is 17.7 Å². The van der Waals surface area contributed by atoms with E-state index in [1.54, 1.807) is 42.3 Å². The first-order valence-electron chi connectivity index (χ1n) is 6.23. The van der Waals surface area contributed by atoms with Crippen molar-refractivity contribution in [3.05, 3.63) is 39.8 Å². The fourth-order valence-electron chi connectivity index (χ4n) is 1.03. The zero-order chi connectivity index (χ0) is 14.8. The Labute approximate surface area is 140 Å². The zero-order valence-corrected chi connectivity index (χ0v) is 16.4. The van der Waals surface area contributed by atoms with Crippen molar-refractivity contribution in [2.45, 2.75) is 26.7 Å². The average Bonchev–Trinajstić information content (AvgIpc) is 2.73. The van der Waals surface area contributed by atoms with Crippen LogP contribution in [0.25, 0.3) is 16.0 Å². The number of rotatable bonds is 2. The van der Waals surface area contributed by atoms with Crippen LogP contribution in [0.4, 0.5) is 0 Å². The largest absolute Gasteiger partial charge is 4.00 e. The molecule has 0 aromatic carbocycles. The number of allylic oxidation sites excluding steroid dienone is 4. The van der Waals surface area contributed by atoms with Crippen LogP contribution in [0.2, 0.25) is 0 Å². The van der Waals surface area contributed by atoms with Crippen molar-refractivity contribution in [3.8, 4) is 0 Å². The molecular weight excluding hydrogens is 313 g/mol. The molecule has 1 rings (SSSR count). The summed E-state index contributed by atoms with van der Waals surface area (Å²) in [7, 11) is 10.5. The fraction of sp³-hybridized carbons (Fsp3) is 0.733. The van der Waals surface area contributed by atoms with E-state index < -0.39 is 0 Å². The molecule has 0 saturated carbocycles. The number of hydrogen-bond donors (Lipinski definition) is 0. The maximum absolute atomic E-state index is 3.50. The van der Waals surface area contributed by atoms with Crippen LogP contribution in [0.3, 0.4) is 0 Å². The fourth-order valence-corrected chi connectivity index (χ4v) is 1.03. The van der Waals surface area contributed by atoms with Gasteiger partial charge in [-0.2, -0.15) is 48.4 Å². The summed E-state index contributed by atoms with van der Waals surface area (Å²) in [6.07, 6.45) is 9.86. The second-order valence-corrected chi connectivity index (χ2v) is 4.25. The van der Waals surface area contributed by atoms with Gasteiger partial charge in [0.1, 0.15) is 0 Å². The van der Waals surface area contributed by atoms with E-state index in [9.17, 15) is 0 Å². The molecule has 3 nitrogen and oxygen atoms in total. The van der Waals surface area contributed by atoms with Crippen LogP contribution in [-0.2, 0) is 26.2 Å². The van der Waals surface area contributed by atoms with Crippen LogP contribution in [-0.4, -0.2) is 42.3 Å². The minimum Gasteiger partial charge on any atom is -0.668 e. The molecule has 19 heavy (non-hydrogen) atoms. The molecule has 0 aromatic heterocycles. The minimum absolute atomic E-state index is 0. The molecule has 0 N–H and O–H groups in total. The Hall–Kier alpha value is 0.243. The second-order valence-electron chi connectivity index (χ2n) is 4.25. The molecule has 0 spiro atoms. The first-order valence-corrected chi connectivity index (χ1v) is 6.23. The van der Waals surface area contributed by atoms with E-state index in [0.29, 0.717) is 0 Å². The summed E-state index contributed by atoms with van der Waals surface area (Å²) in [6.45, 7) is 4.47. The van der Waals surface area contributed by atoms with Gasteiger partial charge in [-0.25, -0.2) is 11.6 Å². The maximum Gasteiger partial charge on any atom is 4.00 e. The van der Waals surface area contributed by atoms with Crippen molar-refractivity contribution in [3.63, 3.8) is 0 Å². The standard InChI is InChI=1S/C9H13.3C2H6N.Zr/c1-8(2)7-9-5-3-4-6-9;3*1-3-2;/h3,5,8H,4,7H2,1-2H3;3*1-2H3;/q4*-1;+4. The Morgan fingerprint density at radius 2 is 1.37 bits per heavy atom. The molecule has 0 saturated heterocycles. The van der Waals surface area contributed by atoms with Gasteiger partial charge in [0, 0.05) is 0 Å². The van der Waals surface area contributed by atoms with Crippen molar-refractivity contribution in [2.24, 2.45) is 5.92 Å². The first-order chi connectivity index (χ1) is 8.53. The summed E-state index contributed by atoms with van der Waals surface area (Å²) < 4.78 is 0. The van der Waals surface area contributed by atoms with Gasteiger partial charge in [0.25, 0.3) is 0 Å². The molecule has 110 valence electrons. The Balaban J connectivity index is -0.0000000956. The van der Waals surface area contributed by atoms with Crippen molar-refractivity contribution >= 4 is 0 Å². The number of hydrogen-bond acceptors (Lipinski definition) is 0. The molecule has 0 aliphatic heterocycles. The predicted molar refractivity (Wildman–Crippen MR) is 85.6 cm³/mol. The Morgan fingerprint density at radius 1 is 1.00 bits per heavy atom. The second kappa shape index (κ2) is 26.7. The zero-order valence-electron chi connectivity index (χ0n) is 14.0. The first kappa shape index (κ1) is 27.6. The molecule has 0 bridgehead atoms. The van der Waals surface area contributed by atoms with Crippen LogP contribution in [0.5, 0.6) is 0 Å². The summed E-state index contributed by atoms with van der Waals surface area (Å²) in [5.74, 6) is 0.773. The van der Waals surface area contributed by atoms with Crippen molar-refractivity contribution in [1.82, 2.24) is 0 Å².